The summed E-state index contributed by atoms with van der Waals surface area (Å²) in [5.41, 5.74) is 0.337. The van der Waals surface area contributed by atoms with Crippen LogP contribution in [-0.2, 0) is 0 Å². The van der Waals surface area contributed by atoms with Crippen molar-refractivity contribution in [3.05, 3.63) is 81.3 Å². The van der Waals surface area contributed by atoms with Gasteiger partial charge in [-0.1, -0.05) is 24.3 Å². The molecule has 1 saturated carbocycles. The van der Waals surface area contributed by atoms with Crippen molar-refractivity contribution in [1.82, 2.24) is 9.99 Å². The van der Waals surface area contributed by atoms with Crippen molar-refractivity contribution >= 4 is 16.7 Å². The van der Waals surface area contributed by atoms with E-state index in [1.807, 2.05) is 0 Å². The summed E-state index contributed by atoms with van der Waals surface area (Å²) < 4.78 is 28.7. The summed E-state index contributed by atoms with van der Waals surface area (Å²) in [6, 6.07) is 9.86. The van der Waals surface area contributed by atoms with Gasteiger partial charge in [0.25, 0.3) is 11.5 Å². The highest BCUT2D eigenvalue weighted by Crippen LogP contribution is 2.41. The molecule has 5 nitrogen and oxygen atoms in total. The van der Waals surface area contributed by atoms with Crippen molar-refractivity contribution in [2.24, 2.45) is 5.92 Å². The third-order valence-corrected chi connectivity index (χ3v) is 5.25. The minimum Gasteiger partial charge on any atom is -0.345 e. The van der Waals surface area contributed by atoms with E-state index in [4.69, 9.17) is 5.84 Å². The lowest BCUT2D eigenvalue weighted by Gasteiger charge is -2.21. The number of aromatic nitrogens is 1. The number of hydrogen-bond acceptors (Lipinski definition) is 3. The van der Waals surface area contributed by atoms with Crippen LogP contribution in [0.1, 0.15) is 40.5 Å². The van der Waals surface area contributed by atoms with Gasteiger partial charge in [0.1, 0.15) is 11.6 Å². The molecule has 1 aliphatic rings. The molecule has 1 atom stereocenters. The van der Waals surface area contributed by atoms with Gasteiger partial charge in [-0.2, -0.15) is 0 Å². The number of hydrogen-bond donors (Lipinski definition) is 2. The summed E-state index contributed by atoms with van der Waals surface area (Å²) in [6.45, 7) is 1.54. The van der Waals surface area contributed by atoms with E-state index in [1.54, 1.807) is 12.1 Å². The second-order valence-corrected chi connectivity index (χ2v) is 7.14. The molecule has 0 saturated heterocycles. The van der Waals surface area contributed by atoms with E-state index in [0.717, 1.165) is 23.6 Å². The van der Waals surface area contributed by atoms with Gasteiger partial charge in [0.05, 0.1) is 22.7 Å². The van der Waals surface area contributed by atoms with Crippen molar-refractivity contribution in [3.63, 3.8) is 0 Å². The van der Waals surface area contributed by atoms with Gasteiger partial charge in [0.2, 0.25) is 0 Å². The third-order valence-electron chi connectivity index (χ3n) is 5.25. The molecule has 3 N–H and O–H groups in total. The number of nitrogens with two attached hydrogens (primary N) is 1. The number of nitrogen functional groups attached to an aromatic ring is 1. The summed E-state index contributed by atoms with van der Waals surface area (Å²) in [7, 11) is 0. The molecule has 1 fully saturated rings. The number of carbonyl (C=O) groups is 1. The Kier molecular flexibility index (Phi) is 4.37. The molecule has 28 heavy (non-hydrogen) atoms. The average Bonchev–Trinajstić information content (AvgIpc) is 3.49. The number of amides is 1. The van der Waals surface area contributed by atoms with Crippen LogP contribution in [-0.4, -0.2) is 10.6 Å². The molecule has 1 aliphatic carbocycles. The first kappa shape index (κ1) is 18.2. The molecule has 0 radical (unpaired) electrons. The van der Waals surface area contributed by atoms with Gasteiger partial charge < -0.3 is 11.2 Å². The van der Waals surface area contributed by atoms with Gasteiger partial charge in [-0.15, -0.1) is 0 Å². The number of fused-ring (bicyclic) bond motifs is 1. The second kappa shape index (κ2) is 6.74. The minimum absolute atomic E-state index is 0.138. The van der Waals surface area contributed by atoms with Crippen LogP contribution in [0.3, 0.4) is 0 Å². The zero-order chi connectivity index (χ0) is 20.0. The lowest BCUT2D eigenvalue weighted by molar-refractivity contribution is 0.0932. The fourth-order valence-electron chi connectivity index (χ4n) is 3.64. The predicted molar refractivity (Wildman–Crippen MR) is 102 cm³/mol. The molecule has 0 spiro atoms. The van der Waals surface area contributed by atoms with Crippen LogP contribution in [0.15, 0.2) is 47.3 Å². The van der Waals surface area contributed by atoms with Crippen molar-refractivity contribution in [3.8, 4) is 0 Å². The lowest BCUT2D eigenvalue weighted by Crippen LogP contribution is -2.36. The fourth-order valence-corrected chi connectivity index (χ4v) is 3.64. The van der Waals surface area contributed by atoms with E-state index in [0.29, 0.717) is 5.56 Å². The molecular weight excluding hydrogens is 364 g/mol. The van der Waals surface area contributed by atoms with Gasteiger partial charge >= 0.3 is 0 Å². The van der Waals surface area contributed by atoms with Crippen LogP contribution in [0.25, 0.3) is 10.8 Å². The second-order valence-electron chi connectivity index (χ2n) is 7.14. The molecule has 4 rings (SSSR count). The molecule has 1 amide bonds. The van der Waals surface area contributed by atoms with Crippen LogP contribution >= 0.6 is 0 Å². The van der Waals surface area contributed by atoms with Crippen LogP contribution in [0, 0.1) is 24.5 Å². The highest BCUT2D eigenvalue weighted by Gasteiger charge is 2.34. The lowest BCUT2D eigenvalue weighted by atomic mass is 9.99. The quantitative estimate of drug-likeness (QED) is 0.680. The molecule has 2 aromatic carbocycles. The highest BCUT2D eigenvalue weighted by atomic mass is 19.1. The minimum atomic E-state index is -0.736. The monoisotopic (exact) mass is 383 g/mol. The van der Waals surface area contributed by atoms with Crippen molar-refractivity contribution in [2.75, 3.05) is 5.84 Å². The molecule has 7 heteroatoms. The van der Waals surface area contributed by atoms with Crippen molar-refractivity contribution in [2.45, 2.75) is 25.8 Å². The van der Waals surface area contributed by atoms with Gasteiger partial charge in [0.15, 0.2) is 0 Å². The summed E-state index contributed by atoms with van der Waals surface area (Å²) in [5, 5.41) is 2.92. The number of rotatable bonds is 4. The normalized spacial score (nSPS) is 14.8. The largest absolute Gasteiger partial charge is 0.345 e. The van der Waals surface area contributed by atoms with Crippen molar-refractivity contribution < 1.29 is 13.6 Å². The molecule has 1 aromatic heterocycles. The van der Waals surface area contributed by atoms with E-state index < -0.39 is 17.3 Å². The van der Waals surface area contributed by atoms with Crippen LogP contribution in [0.4, 0.5) is 8.78 Å². The van der Waals surface area contributed by atoms with Crippen LogP contribution in [0.2, 0.25) is 0 Å². The van der Waals surface area contributed by atoms with Gasteiger partial charge in [-0.05, 0) is 49.4 Å². The van der Waals surface area contributed by atoms with Gasteiger partial charge in [-0.25, -0.2) is 13.5 Å². The first-order valence-electron chi connectivity index (χ1n) is 9.03. The zero-order valence-corrected chi connectivity index (χ0v) is 15.2. The number of pyridine rings is 1. The Labute approximate surface area is 159 Å². The van der Waals surface area contributed by atoms with E-state index in [2.05, 4.69) is 5.32 Å². The summed E-state index contributed by atoms with van der Waals surface area (Å²) >= 11 is 0. The topological polar surface area (TPSA) is 77.1 Å². The Hall–Kier alpha value is -3.22. The molecule has 0 aliphatic heterocycles. The smallest absolute Gasteiger partial charge is 0.279 e. The standard InChI is InChI=1S/C21H19F2N3O2/c1-11-17(15-6-3-7-16(23)18(15)21(28)26(11)24)20(27)25-19(12-8-9-12)13-4-2-5-14(22)10-13/h2-7,10,12,19H,8-9,24H2,1H3,(H,25,27)/t19-/m0/s1. The number of carbonyl (C=O) groups excluding carboxylic acids is 1. The molecular formula is C21H19F2N3O2. The van der Waals surface area contributed by atoms with Gasteiger partial charge in [0, 0.05) is 5.39 Å². The Morgan fingerprint density at radius 3 is 2.61 bits per heavy atom. The fraction of sp³-hybridized carbons (Fsp3) is 0.238. The number of benzene rings is 2. The maximum absolute atomic E-state index is 14.3. The van der Waals surface area contributed by atoms with E-state index >= 15 is 0 Å². The highest BCUT2D eigenvalue weighted by molar-refractivity contribution is 6.08. The maximum Gasteiger partial charge on any atom is 0.279 e. The Bertz CT molecular complexity index is 1150. The number of nitrogens with zero attached hydrogens (tertiary/aromatic N) is 1. The van der Waals surface area contributed by atoms with E-state index in [-0.39, 0.29) is 39.8 Å². The predicted octanol–water partition coefficient (Wildman–Crippen LogP) is 3.18. The summed E-state index contributed by atoms with van der Waals surface area (Å²) in [6.07, 6.45) is 1.85. The molecule has 3 aromatic rings. The van der Waals surface area contributed by atoms with Crippen LogP contribution in [0.5, 0.6) is 0 Å². The number of halogens is 2. The Morgan fingerprint density at radius 2 is 1.93 bits per heavy atom. The molecule has 0 bridgehead atoms. The first-order chi connectivity index (χ1) is 13.4. The van der Waals surface area contributed by atoms with Crippen molar-refractivity contribution in [1.29, 1.82) is 0 Å². The van der Waals surface area contributed by atoms with E-state index in [9.17, 15) is 18.4 Å². The Morgan fingerprint density at radius 1 is 1.21 bits per heavy atom. The molecule has 0 unspecified atom stereocenters. The molecule has 144 valence electrons. The summed E-state index contributed by atoms with van der Waals surface area (Å²) in [4.78, 5) is 25.5. The first-order valence-corrected chi connectivity index (χ1v) is 9.03. The zero-order valence-electron chi connectivity index (χ0n) is 15.2. The molecule has 1 heterocycles. The Balaban J connectivity index is 1.81. The summed E-state index contributed by atoms with van der Waals surface area (Å²) in [5.74, 6) is 4.41. The average molecular weight is 383 g/mol. The number of nitrogens with one attached hydrogen (secondary N) is 1. The maximum atomic E-state index is 14.3. The van der Waals surface area contributed by atoms with E-state index in [1.165, 1.54) is 31.2 Å². The van der Waals surface area contributed by atoms with Crippen LogP contribution < -0.4 is 16.7 Å². The SMILES string of the molecule is Cc1c(C(=O)N[C@H](c2cccc(F)c2)C2CC2)c2cccc(F)c2c(=O)n1N. The van der Waals surface area contributed by atoms with Gasteiger partial charge in [-0.3, -0.25) is 9.59 Å². The third kappa shape index (κ3) is 3.02.